The van der Waals surface area contributed by atoms with Crippen LogP contribution in [0.2, 0.25) is 0 Å². The summed E-state index contributed by atoms with van der Waals surface area (Å²) in [6, 6.07) is 2.95. The maximum absolute atomic E-state index is 13.1. The smallest absolute Gasteiger partial charge is 0.309 e. The first-order valence-electron chi connectivity index (χ1n) is 6.88. The first-order valence-corrected chi connectivity index (χ1v) is 6.88. The lowest BCUT2D eigenvalue weighted by molar-refractivity contribution is -0.385. The highest BCUT2D eigenvalue weighted by atomic mass is 19.4. The Morgan fingerprint density at radius 2 is 2.00 bits per heavy atom. The van der Waals surface area contributed by atoms with Crippen LogP contribution in [0.4, 0.5) is 18.9 Å². The second-order valence-corrected chi connectivity index (χ2v) is 5.92. The van der Waals surface area contributed by atoms with Gasteiger partial charge in [0.2, 0.25) is 0 Å². The van der Waals surface area contributed by atoms with Crippen molar-refractivity contribution in [3.8, 4) is 0 Å². The summed E-state index contributed by atoms with van der Waals surface area (Å²) in [6.45, 7) is 2.55. The molecule has 0 saturated carbocycles. The molecule has 1 aromatic carbocycles. The van der Waals surface area contributed by atoms with Gasteiger partial charge in [0.05, 0.1) is 10.5 Å². The van der Waals surface area contributed by atoms with Crippen LogP contribution in [0.1, 0.15) is 11.1 Å². The molecule has 0 atom stereocenters. The van der Waals surface area contributed by atoms with E-state index in [9.17, 15) is 23.3 Å². The molecule has 22 heavy (non-hydrogen) atoms. The predicted octanol–water partition coefficient (Wildman–Crippen LogP) is 2.61. The molecular weight excluding hydrogens is 299 g/mol. The Bertz CT molecular complexity index is 555. The Hall–Kier alpha value is -1.67. The number of alkyl halides is 3. The number of halogens is 3. The number of benzene rings is 1. The normalized spacial score (nSPS) is 16.8. The minimum absolute atomic E-state index is 0.0846. The molecule has 1 aromatic rings. The van der Waals surface area contributed by atoms with Crippen LogP contribution in [0.5, 0.6) is 0 Å². The van der Waals surface area contributed by atoms with Crippen LogP contribution < -0.4 is 0 Å². The number of nitro groups is 1. The molecule has 1 aliphatic rings. The van der Waals surface area contributed by atoms with Gasteiger partial charge in [0.25, 0.3) is 5.69 Å². The van der Waals surface area contributed by atoms with Gasteiger partial charge in [0.1, 0.15) is 0 Å². The van der Waals surface area contributed by atoms with Crippen LogP contribution in [0.3, 0.4) is 0 Å². The molecule has 8 heteroatoms. The molecule has 0 aliphatic carbocycles. The van der Waals surface area contributed by atoms with Gasteiger partial charge in [-0.05, 0) is 25.6 Å². The molecule has 0 amide bonds. The Balaban J connectivity index is 2.10. The molecule has 0 N–H and O–H groups in total. The molecule has 0 bridgehead atoms. The Morgan fingerprint density at radius 3 is 2.50 bits per heavy atom. The number of rotatable bonds is 5. The molecule has 0 spiro atoms. The van der Waals surface area contributed by atoms with E-state index >= 15 is 0 Å². The average molecular weight is 317 g/mol. The minimum Gasteiger partial charge on any atom is -0.309 e. The Morgan fingerprint density at radius 1 is 1.36 bits per heavy atom. The third-order valence-corrected chi connectivity index (χ3v) is 3.66. The van der Waals surface area contributed by atoms with E-state index in [2.05, 4.69) is 4.90 Å². The van der Waals surface area contributed by atoms with E-state index in [-0.39, 0.29) is 12.1 Å². The lowest BCUT2D eigenvalue weighted by atomic mass is 9.97. The second-order valence-electron chi connectivity index (χ2n) is 5.92. The van der Waals surface area contributed by atoms with Gasteiger partial charge in [-0.1, -0.05) is 6.07 Å². The van der Waals surface area contributed by atoms with Crippen LogP contribution in [-0.4, -0.2) is 48.5 Å². The average Bonchev–Trinajstić information content (AvgIpc) is 2.34. The summed E-state index contributed by atoms with van der Waals surface area (Å²) in [6.07, 6.45) is -4.59. The Labute approximate surface area is 126 Å². The molecule has 0 aromatic heterocycles. The van der Waals surface area contributed by atoms with Gasteiger partial charge >= 0.3 is 6.18 Å². The number of non-ortho nitro benzene ring substituents is 1. The fourth-order valence-corrected chi connectivity index (χ4v) is 2.76. The van der Waals surface area contributed by atoms with Crippen molar-refractivity contribution in [2.45, 2.75) is 12.7 Å². The summed E-state index contributed by atoms with van der Waals surface area (Å²) in [5.41, 5.74) is -1.37. The van der Waals surface area contributed by atoms with Gasteiger partial charge in [-0.3, -0.25) is 15.0 Å². The fraction of sp³-hybridized carbons (Fsp3) is 0.571. The van der Waals surface area contributed by atoms with Crippen molar-refractivity contribution >= 4 is 5.69 Å². The summed E-state index contributed by atoms with van der Waals surface area (Å²) in [5.74, 6) is 0.461. The van der Waals surface area contributed by atoms with Crippen LogP contribution in [0.25, 0.3) is 0 Å². The van der Waals surface area contributed by atoms with Gasteiger partial charge in [-0.25, -0.2) is 0 Å². The van der Waals surface area contributed by atoms with Gasteiger partial charge in [0, 0.05) is 38.3 Å². The molecular formula is C14H18F3N3O2. The molecule has 1 heterocycles. The first kappa shape index (κ1) is 16.7. The van der Waals surface area contributed by atoms with Crippen LogP contribution in [0, 0.1) is 16.0 Å². The highest BCUT2D eigenvalue weighted by molar-refractivity contribution is 5.41. The minimum atomic E-state index is -4.59. The van der Waals surface area contributed by atoms with Crippen molar-refractivity contribution in [1.29, 1.82) is 0 Å². The standard InChI is InChI=1S/C14H18F3N3O2/c1-18(2)6-10-7-19(8-10)9-11-3-4-12(20(21)22)5-13(11)14(15,16)17/h3-5,10H,6-9H2,1-2H3. The number of nitrogens with zero attached hydrogens (tertiary/aromatic N) is 3. The van der Waals surface area contributed by atoms with E-state index in [1.54, 1.807) is 0 Å². The second kappa shape index (κ2) is 6.21. The molecule has 1 saturated heterocycles. The van der Waals surface area contributed by atoms with E-state index in [0.717, 1.165) is 25.7 Å². The van der Waals surface area contributed by atoms with Crippen LogP contribution in [0.15, 0.2) is 18.2 Å². The molecule has 5 nitrogen and oxygen atoms in total. The van der Waals surface area contributed by atoms with E-state index in [1.165, 1.54) is 6.07 Å². The lowest BCUT2D eigenvalue weighted by Gasteiger charge is -2.40. The molecule has 0 unspecified atom stereocenters. The van der Waals surface area contributed by atoms with E-state index in [1.807, 2.05) is 19.0 Å². The SMILES string of the molecule is CN(C)CC1CN(Cc2ccc([N+](=O)[O-])cc2C(F)(F)F)C1. The lowest BCUT2D eigenvalue weighted by Crippen LogP contribution is -2.49. The maximum Gasteiger partial charge on any atom is 0.416 e. The van der Waals surface area contributed by atoms with Gasteiger partial charge in [-0.15, -0.1) is 0 Å². The zero-order valence-electron chi connectivity index (χ0n) is 12.4. The topological polar surface area (TPSA) is 49.6 Å². The van der Waals surface area contributed by atoms with E-state index < -0.39 is 22.4 Å². The summed E-state index contributed by atoms with van der Waals surface area (Å²) < 4.78 is 39.2. The third kappa shape index (κ3) is 3.95. The molecule has 2 rings (SSSR count). The van der Waals surface area contributed by atoms with Gasteiger partial charge in [-0.2, -0.15) is 13.2 Å². The number of hydrogen-bond acceptors (Lipinski definition) is 4. The van der Waals surface area contributed by atoms with Crippen LogP contribution >= 0.6 is 0 Å². The van der Waals surface area contributed by atoms with Gasteiger partial charge in [0.15, 0.2) is 0 Å². The quantitative estimate of drug-likeness (QED) is 0.619. The molecule has 0 radical (unpaired) electrons. The monoisotopic (exact) mass is 317 g/mol. The first-order chi connectivity index (χ1) is 10.2. The molecule has 122 valence electrons. The third-order valence-electron chi connectivity index (χ3n) is 3.66. The van der Waals surface area contributed by atoms with Crippen molar-refractivity contribution in [3.63, 3.8) is 0 Å². The summed E-state index contributed by atoms with van der Waals surface area (Å²) in [7, 11) is 3.92. The summed E-state index contributed by atoms with van der Waals surface area (Å²) >= 11 is 0. The summed E-state index contributed by atoms with van der Waals surface area (Å²) in [5, 5.41) is 10.6. The zero-order chi connectivity index (χ0) is 16.5. The molecule has 1 fully saturated rings. The Kier molecular flexibility index (Phi) is 4.72. The highest BCUT2D eigenvalue weighted by Gasteiger charge is 2.36. The van der Waals surface area contributed by atoms with Crippen molar-refractivity contribution in [2.75, 3.05) is 33.7 Å². The van der Waals surface area contributed by atoms with E-state index in [0.29, 0.717) is 12.0 Å². The number of nitro benzene ring substituents is 1. The van der Waals surface area contributed by atoms with Crippen molar-refractivity contribution in [1.82, 2.24) is 9.80 Å². The van der Waals surface area contributed by atoms with E-state index in [4.69, 9.17) is 0 Å². The number of hydrogen-bond donors (Lipinski definition) is 0. The highest BCUT2D eigenvalue weighted by Crippen LogP contribution is 2.35. The molecule has 1 aliphatic heterocycles. The largest absolute Gasteiger partial charge is 0.416 e. The van der Waals surface area contributed by atoms with Crippen molar-refractivity contribution < 1.29 is 18.1 Å². The predicted molar refractivity (Wildman–Crippen MR) is 75.4 cm³/mol. The van der Waals surface area contributed by atoms with Gasteiger partial charge < -0.3 is 4.90 Å². The summed E-state index contributed by atoms with van der Waals surface area (Å²) in [4.78, 5) is 13.8. The fourth-order valence-electron chi connectivity index (χ4n) is 2.76. The van der Waals surface area contributed by atoms with Crippen LogP contribution in [-0.2, 0) is 12.7 Å². The maximum atomic E-state index is 13.1. The van der Waals surface area contributed by atoms with Crippen molar-refractivity contribution in [2.24, 2.45) is 5.92 Å². The zero-order valence-corrected chi connectivity index (χ0v) is 12.4. The number of likely N-dealkylation sites (tertiary alicyclic amines) is 1. The van der Waals surface area contributed by atoms with Crippen molar-refractivity contribution in [3.05, 3.63) is 39.4 Å².